The lowest BCUT2D eigenvalue weighted by molar-refractivity contribution is -0.115. The van der Waals surface area contributed by atoms with Gasteiger partial charge < -0.3 is 10.1 Å². The zero-order chi connectivity index (χ0) is 15.2. The van der Waals surface area contributed by atoms with Crippen LogP contribution in [0.3, 0.4) is 0 Å². The predicted octanol–water partition coefficient (Wildman–Crippen LogP) is 3.26. The second-order valence-corrected chi connectivity index (χ2v) is 6.28. The minimum absolute atomic E-state index is 0.0410. The standard InChI is InChI=1S/C12H11F2N3O2S2/c1-7(21-12-17-15-6-20-12)10(18)16-8-2-4-9(5-3-8)19-11(13)14/h2-7,11H,1H3,(H,16,18)/t7-/m1/s1. The zero-order valence-electron chi connectivity index (χ0n) is 10.8. The Morgan fingerprint density at radius 1 is 1.38 bits per heavy atom. The van der Waals surface area contributed by atoms with E-state index in [0.29, 0.717) is 10.0 Å². The number of thioether (sulfide) groups is 1. The number of ether oxygens (including phenoxy) is 1. The number of aromatic nitrogens is 2. The van der Waals surface area contributed by atoms with Crippen LogP contribution in [0.15, 0.2) is 34.1 Å². The fraction of sp³-hybridized carbons (Fsp3) is 0.250. The largest absolute Gasteiger partial charge is 0.435 e. The molecular formula is C12H11F2N3O2S2. The van der Waals surface area contributed by atoms with Crippen LogP contribution in [0, 0.1) is 0 Å². The molecular weight excluding hydrogens is 320 g/mol. The maximum Gasteiger partial charge on any atom is 0.387 e. The number of nitrogens with one attached hydrogen (secondary N) is 1. The molecule has 0 unspecified atom stereocenters. The van der Waals surface area contributed by atoms with Gasteiger partial charge in [0.1, 0.15) is 11.3 Å². The second-order valence-electron chi connectivity index (χ2n) is 3.86. The van der Waals surface area contributed by atoms with E-state index in [1.54, 1.807) is 12.4 Å². The molecule has 0 fully saturated rings. The van der Waals surface area contributed by atoms with Crippen LogP contribution in [0.4, 0.5) is 14.5 Å². The molecule has 9 heteroatoms. The van der Waals surface area contributed by atoms with E-state index in [2.05, 4.69) is 20.3 Å². The molecule has 0 saturated heterocycles. The molecule has 0 aliphatic carbocycles. The third kappa shape index (κ3) is 4.94. The minimum Gasteiger partial charge on any atom is -0.435 e. The van der Waals surface area contributed by atoms with Gasteiger partial charge in [-0.05, 0) is 31.2 Å². The molecule has 0 radical (unpaired) electrons. The van der Waals surface area contributed by atoms with Crippen molar-refractivity contribution >= 4 is 34.7 Å². The van der Waals surface area contributed by atoms with Gasteiger partial charge in [-0.15, -0.1) is 10.2 Å². The van der Waals surface area contributed by atoms with Crippen molar-refractivity contribution in [3.63, 3.8) is 0 Å². The molecule has 5 nitrogen and oxygen atoms in total. The molecule has 2 rings (SSSR count). The van der Waals surface area contributed by atoms with Crippen molar-refractivity contribution < 1.29 is 18.3 Å². The van der Waals surface area contributed by atoms with E-state index in [1.807, 2.05) is 0 Å². The Labute approximate surface area is 127 Å². The lowest BCUT2D eigenvalue weighted by atomic mass is 10.3. The first kappa shape index (κ1) is 15.6. The molecule has 21 heavy (non-hydrogen) atoms. The molecule has 0 aliphatic rings. The summed E-state index contributed by atoms with van der Waals surface area (Å²) in [7, 11) is 0. The third-order valence-electron chi connectivity index (χ3n) is 2.33. The molecule has 1 heterocycles. The van der Waals surface area contributed by atoms with E-state index in [9.17, 15) is 13.6 Å². The van der Waals surface area contributed by atoms with Gasteiger partial charge >= 0.3 is 6.61 Å². The highest BCUT2D eigenvalue weighted by Gasteiger charge is 2.16. The van der Waals surface area contributed by atoms with Crippen molar-refractivity contribution in [2.24, 2.45) is 0 Å². The number of rotatable bonds is 6. The SMILES string of the molecule is C[C@@H](Sc1nncs1)C(=O)Nc1ccc(OC(F)F)cc1. The van der Waals surface area contributed by atoms with Crippen molar-refractivity contribution in [1.82, 2.24) is 10.2 Å². The van der Waals surface area contributed by atoms with Gasteiger partial charge in [0.2, 0.25) is 5.91 Å². The lowest BCUT2D eigenvalue weighted by Crippen LogP contribution is -2.22. The molecule has 2 aromatic rings. The van der Waals surface area contributed by atoms with Gasteiger partial charge in [-0.3, -0.25) is 4.79 Å². The molecule has 0 saturated carbocycles. The van der Waals surface area contributed by atoms with Gasteiger partial charge in [0.25, 0.3) is 0 Å². The second kappa shape index (κ2) is 7.32. The number of carbonyl (C=O) groups is 1. The van der Waals surface area contributed by atoms with E-state index >= 15 is 0 Å². The predicted molar refractivity (Wildman–Crippen MR) is 76.9 cm³/mol. The number of nitrogens with zero attached hydrogens (tertiary/aromatic N) is 2. The Hall–Kier alpha value is -1.74. The number of hydrogen-bond acceptors (Lipinski definition) is 6. The summed E-state index contributed by atoms with van der Waals surface area (Å²) < 4.78 is 29.0. The average molecular weight is 331 g/mol. The first-order chi connectivity index (χ1) is 10.0. The number of carbonyl (C=O) groups excluding carboxylic acids is 1. The maximum absolute atomic E-state index is 12.0. The smallest absolute Gasteiger partial charge is 0.387 e. The van der Waals surface area contributed by atoms with E-state index in [4.69, 9.17) is 0 Å². The Bertz CT molecular complexity index is 579. The zero-order valence-corrected chi connectivity index (χ0v) is 12.5. The molecule has 1 amide bonds. The molecule has 0 bridgehead atoms. The highest BCUT2D eigenvalue weighted by molar-refractivity contribution is 8.02. The van der Waals surface area contributed by atoms with E-state index < -0.39 is 6.61 Å². The minimum atomic E-state index is -2.87. The third-order valence-corrected chi connectivity index (χ3v) is 4.25. The summed E-state index contributed by atoms with van der Waals surface area (Å²) in [4.78, 5) is 12.0. The topological polar surface area (TPSA) is 64.1 Å². The van der Waals surface area contributed by atoms with Crippen LogP contribution in [0.2, 0.25) is 0 Å². The van der Waals surface area contributed by atoms with Gasteiger partial charge in [-0.1, -0.05) is 23.1 Å². The summed E-state index contributed by atoms with van der Waals surface area (Å²) in [5.41, 5.74) is 2.10. The molecule has 1 aromatic carbocycles. The van der Waals surface area contributed by atoms with Crippen molar-refractivity contribution in [2.75, 3.05) is 5.32 Å². The molecule has 1 atom stereocenters. The Morgan fingerprint density at radius 3 is 2.67 bits per heavy atom. The number of alkyl halides is 2. The normalized spacial score (nSPS) is 12.2. The van der Waals surface area contributed by atoms with Crippen molar-refractivity contribution in [3.8, 4) is 5.75 Å². The number of benzene rings is 1. The first-order valence-electron chi connectivity index (χ1n) is 5.83. The number of amides is 1. The fourth-order valence-electron chi connectivity index (χ4n) is 1.38. The maximum atomic E-state index is 12.0. The molecule has 0 aliphatic heterocycles. The average Bonchev–Trinajstić information content (AvgIpc) is 2.93. The lowest BCUT2D eigenvalue weighted by Gasteiger charge is -2.11. The quantitative estimate of drug-likeness (QED) is 0.823. The van der Waals surface area contributed by atoms with Gasteiger partial charge in [0, 0.05) is 5.69 Å². The van der Waals surface area contributed by atoms with Crippen LogP contribution >= 0.6 is 23.1 Å². The number of anilines is 1. The van der Waals surface area contributed by atoms with E-state index in [1.165, 1.54) is 47.4 Å². The summed E-state index contributed by atoms with van der Waals surface area (Å²) in [6, 6.07) is 5.73. The summed E-state index contributed by atoms with van der Waals surface area (Å²) in [6.45, 7) is -1.12. The van der Waals surface area contributed by atoms with E-state index in [0.717, 1.165) is 0 Å². The van der Waals surface area contributed by atoms with E-state index in [-0.39, 0.29) is 16.9 Å². The van der Waals surface area contributed by atoms with Gasteiger partial charge in [-0.2, -0.15) is 8.78 Å². The van der Waals surface area contributed by atoms with Crippen molar-refractivity contribution in [3.05, 3.63) is 29.8 Å². The molecule has 0 spiro atoms. The van der Waals surface area contributed by atoms with Gasteiger partial charge in [0.05, 0.1) is 5.25 Å². The number of halogens is 2. The highest BCUT2D eigenvalue weighted by Crippen LogP contribution is 2.25. The Kier molecular flexibility index (Phi) is 5.45. The van der Waals surface area contributed by atoms with Crippen LogP contribution < -0.4 is 10.1 Å². The Balaban J connectivity index is 1.89. The van der Waals surface area contributed by atoms with Crippen LogP contribution in [-0.2, 0) is 4.79 Å². The summed E-state index contributed by atoms with van der Waals surface area (Å²) in [5.74, 6) is -0.169. The highest BCUT2D eigenvalue weighted by atomic mass is 32.2. The van der Waals surface area contributed by atoms with Crippen molar-refractivity contribution in [2.45, 2.75) is 23.1 Å². The van der Waals surface area contributed by atoms with Crippen LogP contribution in [0.5, 0.6) is 5.75 Å². The molecule has 112 valence electrons. The Morgan fingerprint density at radius 2 is 2.10 bits per heavy atom. The number of hydrogen-bond donors (Lipinski definition) is 1. The first-order valence-corrected chi connectivity index (χ1v) is 7.59. The van der Waals surface area contributed by atoms with Gasteiger partial charge in [0.15, 0.2) is 4.34 Å². The summed E-state index contributed by atoms with van der Waals surface area (Å²) >= 11 is 2.65. The van der Waals surface area contributed by atoms with Crippen LogP contribution in [0.25, 0.3) is 0 Å². The van der Waals surface area contributed by atoms with Crippen molar-refractivity contribution in [1.29, 1.82) is 0 Å². The molecule has 1 N–H and O–H groups in total. The summed E-state index contributed by atoms with van der Waals surface area (Å²) in [6.07, 6.45) is 0. The van der Waals surface area contributed by atoms with Crippen LogP contribution in [0.1, 0.15) is 6.92 Å². The fourth-order valence-corrected chi connectivity index (χ4v) is 3.01. The monoisotopic (exact) mass is 331 g/mol. The molecule has 1 aromatic heterocycles. The van der Waals surface area contributed by atoms with Crippen LogP contribution in [-0.4, -0.2) is 28.0 Å². The van der Waals surface area contributed by atoms with Gasteiger partial charge in [-0.25, -0.2) is 0 Å². The summed E-state index contributed by atoms with van der Waals surface area (Å²) in [5, 5.41) is 9.88.